The van der Waals surface area contributed by atoms with Crippen LogP contribution in [-0.4, -0.2) is 60.1 Å². The number of rotatable bonds is 1. The summed E-state index contributed by atoms with van der Waals surface area (Å²) in [5.41, 5.74) is -1.90. The second-order valence-corrected chi connectivity index (χ2v) is 8.32. The van der Waals surface area contributed by atoms with E-state index in [0.29, 0.717) is 26.2 Å². The molecule has 2 aliphatic rings. The lowest BCUT2D eigenvalue weighted by atomic mass is 9.95. The Balaban J connectivity index is 2.03. The lowest BCUT2D eigenvalue weighted by Gasteiger charge is -2.30. The molecule has 7 heteroatoms. The Bertz CT molecular complexity index is 480. The number of fused-ring (bicyclic) bond motifs is 1. The molecular weight excluding hydrogens is 300 g/mol. The number of likely N-dealkylation sites (tertiary alicyclic amines) is 1. The van der Waals surface area contributed by atoms with Crippen molar-refractivity contribution in [3.63, 3.8) is 0 Å². The maximum absolute atomic E-state index is 12.3. The largest absolute Gasteiger partial charge is 0.509 e. The fourth-order valence-corrected chi connectivity index (χ4v) is 2.91. The molecule has 0 aromatic rings. The van der Waals surface area contributed by atoms with Crippen LogP contribution in [0.5, 0.6) is 0 Å². The van der Waals surface area contributed by atoms with Gasteiger partial charge in [0.15, 0.2) is 5.60 Å². The molecule has 23 heavy (non-hydrogen) atoms. The van der Waals surface area contributed by atoms with E-state index >= 15 is 0 Å². The molecule has 2 fully saturated rings. The third kappa shape index (κ3) is 4.50. The van der Waals surface area contributed by atoms with E-state index in [4.69, 9.17) is 14.2 Å². The number of amides is 1. The van der Waals surface area contributed by atoms with E-state index in [1.165, 1.54) is 0 Å². The van der Waals surface area contributed by atoms with Crippen LogP contribution in [0, 0.1) is 5.92 Å². The molecule has 1 N–H and O–H groups in total. The number of ether oxygens (including phenoxy) is 3. The molecule has 0 unspecified atom stereocenters. The second-order valence-electron chi connectivity index (χ2n) is 8.32. The average Bonchev–Trinajstić information content (AvgIpc) is 2.79. The highest BCUT2D eigenvalue weighted by Gasteiger charge is 2.55. The van der Waals surface area contributed by atoms with Crippen LogP contribution in [0.1, 0.15) is 41.5 Å². The number of nitrogens with one attached hydrogen (secondary N) is 1. The van der Waals surface area contributed by atoms with Crippen molar-refractivity contribution < 1.29 is 23.8 Å². The fourth-order valence-electron chi connectivity index (χ4n) is 2.91. The highest BCUT2D eigenvalue weighted by Crippen LogP contribution is 2.35. The molecule has 0 saturated carbocycles. The van der Waals surface area contributed by atoms with Gasteiger partial charge in [-0.1, -0.05) is 0 Å². The SMILES string of the molecule is CC(C)(C)OC(=O)O[C@@]12CNC[C@@H]1CN(C(=O)OC(C)(C)C)C2. The molecule has 0 aromatic carbocycles. The number of carbonyl (C=O) groups is 2. The van der Waals surface area contributed by atoms with Gasteiger partial charge in [0.25, 0.3) is 0 Å². The van der Waals surface area contributed by atoms with Crippen LogP contribution < -0.4 is 5.32 Å². The summed E-state index contributed by atoms with van der Waals surface area (Å²) >= 11 is 0. The lowest BCUT2D eigenvalue weighted by molar-refractivity contribution is -0.0649. The molecule has 2 rings (SSSR count). The van der Waals surface area contributed by atoms with Gasteiger partial charge >= 0.3 is 12.2 Å². The number of nitrogens with zero attached hydrogens (tertiary/aromatic N) is 1. The summed E-state index contributed by atoms with van der Waals surface area (Å²) < 4.78 is 16.3. The monoisotopic (exact) mass is 328 g/mol. The van der Waals surface area contributed by atoms with E-state index in [1.807, 2.05) is 20.8 Å². The minimum absolute atomic E-state index is 0.0440. The Hall–Kier alpha value is -1.50. The Morgan fingerprint density at radius 3 is 2.26 bits per heavy atom. The molecular formula is C16H28N2O5. The van der Waals surface area contributed by atoms with Crippen molar-refractivity contribution in [1.82, 2.24) is 10.2 Å². The minimum Gasteiger partial charge on any atom is -0.444 e. The fraction of sp³-hybridized carbons (Fsp3) is 0.875. The van der Waals surface area contributed by atoms with Gasteiger partial charge in [-0.2, -0.15) is 0 Å². The van der Waals surface area contributed by atoms with Crippen LogP contribution in [0.4, 0.5) is 9.59 Å². The summed E-state index contributed by atoms with van der Waals surface area (Å²) in [4.78, 5) is 25.9. The lowest BCUT2D eigenvalue weighted by Crippen LogP contribution is -2.46. The molecule has 0 aliphatic carbocycles. The van der Waals surface area contributed by atoms with Crippen molar-refractivity contribution in [1.29, 1.82) is 0 Å². The van der Waals surface area contributed by atoms with Gasteiger partial charge < -0.3 is 24.4 Å². The van der Waals surface area contributed by atoms with E-state index in [2.05, 4.69) is 5.32 Å². The summed E-state index contributed by atoms with van der Waals surface area (Å²) in [6.07, 6.45) is -1.07. The normalized spacial score (nSPS) is 27.6. The van der Waals surface area contributed by atoms with Gasteiger partial charge in [0, 0.05) is 25.6 Å². The molecule has 0 bridgehead atoms. The van der Waals surface area contributed by atoms with Crippen molar-refractivity contribution in [2.24, 2.45) is 5.92 Å². The summed E-state index contributed by atoms with van der Waals surface area (Å²) in [6.45, 7) is 12.9. The molecule has 0 radical (unpaired) electrons. The molecule has 7 nitrogen and oxygen atoms in total. The van der Waals surface area contributed by atoms with Crippen LogP contribution in [-0.2, 0) is 14.2 Å². The van der Waals surface area contributed by atoms with Crippen LogP contribution >= 0.6 is 0 Å². The highest BCUT2D eigenvalue weighted by molar-refractivity contribution is 5.69. The summed E-state index contributed by atoms with van der Waals surface area (Å²) in [6, 6.07) is 0. The van der Waals surface area contributed by atoms with Crippen molar-refractivity contribution in [3.8, 4) is 0 Å². The molecule has 2 atom stereocenters. The first kappa shape index (κ1) is 17.8. The van der Waals surface area contributed by atoms with Crippen molar-refractivity contribution >= 4 is 12.2 Å². The zero-order chi connectivity index (χ0) is 17.5. The Kier molecular flexibility index (Phi) is 4.54. The zero-order valence-electron chi connectivity index (χ0n) is 14.9. The van der Waals surface area contributed by atoms with Crippen LogP contribution in [0.25, 0.3) is 0 Å². The van der Waals surface area contributed by atoms with Gasteiger partial charge in [-0.05, 0) is 41.5 Å². The molecule has 0 aromatic heterocycles. The molecule has 0 spiro atoms. The summed E-state index contributed by atoms with van der Waals surface area (Å²) in [5.74, 6) is 0.0440. The maximum Gasteiger partial charge on any atom is 0.509 e. The quantitative estimate of drug-likeness (QED) is 0.743. The first-order valence-corrected chi connectivity index (χ1v) is 8.01. The third-order valence-corrected chi connectivity index (χ3v) is 3.79. The predicted octanol–water partition coefficient (Wildman–Crippen LogP) is 2.15. The topological polar surface area (TPSA) is 77.1 Å². The number of carbonyl (C=O) groups excluding carboxylic acids is 2. The molecule has 2 aliphatic heterocycles. The van der Waals surface area contributed by atoms with Crippen LogP contribution in [0.15, 0.2) is 0 Å². The minimum atomic E-state index is -0.737. The van der Waals surface area contributed by atoms with E-state index in [-0.39, 0.29) is 12.0 Å². The van der Waals surface area contributed by atoms with Gasteiger partial charge in [-0.15, -0.1) is 0 Å². The first-order chi connectivity index (χ1) is 10.4. The standard InChI is InChI=1S/C16H28N2O5/c1-14(2,3)21-12(19)18-8-11-7-17-9-16(11,10-18)23-13(20)22-15(4,5)6/h11,17H,7-10H2,1-6H3/t11-,16-/m1/s1. The third-order valence-electron chi connectivity index (χ3n) is 3.79. The Labute approximate surface area is 137 Å². The van der Waals surface area contributed by atoms with E-state index in [9.17, 15) is 9.59 Å². The van der Waals surface area contributed by atoms with Gasteiger partial charge in [-0.25, -0.2) is 9.59 Å². The number of hydrogen-bond donors (Lipinski definition) is 1. The number of hydrogen-bond acceptors (Lipinski definition) is 6. The van der Waals surface area contributed by atoms with Crippen molar-refractivity contribution in [3.05, 3.63) is 0 Å². The molecule has 2 saturated heterocycles. The smallest absolute Gasteiger partial charge is 0.444 e. The second kappa shape index (κ2) is 5.85. The van der Waals surface area contributed by atoms with Gasteiger partial charge in [0.2, 0.25) is 0 Å². The Morgan fingerprint density at radius 1 is 1.09 bits per heavy atom. The van der Waals surface area contributed by atoms with Crippen LogP contribution in [0.2, 0.25) is 0 Å². The molecule has 132 valence electrons. The molecule has 1 amide bonds. The predicted molar refractivity (Wildman–Crippen MR) is 84.2 cm³/mol. The maximum atomic E-state index is 12.3. The Morgan fingerprint density at radius 2 is 1.70 bits per heavy atom. The van der Waals surface area contributed by atoms with E-state index < -0.39 is 23.0 Å². The van der Waals surface area contributed by atoms with Gasteiger partial charge in [0.05, 0.1) is 6.54 Å². The van der Waals surface area contributed by atoms with Gasteiger partial charge in [0.1, 0.15) is 11.2 Å². The zero-order valence-corrected chi connectivity index (χ0v) is 14.9. The molecule has 2 heterocycles. The van der Waals surface area contributed by atoms with Crippen molar-refractivity contribution in [2.75, 3.05) is 26.2 Å². The van der Waals surface area contributed by atoms with E-state index in [0.717, 1.165) is 0 Å². The first-order valence-electron chi connectivity index (χ1n) is 8.01. The summed E-state index contributed by atoms with van der Waals surface area (Å²) in [5, 5.41) is 3.23. The summed E-state index contributed by atoms with van der Waals surface area (Å²) in [7, 11) is 0. The van der Waals surface area contributed by atoms with Gasteiger partial charge in [-0.3, -0.25) is 0 Å². The van der Waals surface area contributed by atoms with E-state index in [1.54, 1.807) is 25.7 Å². The highest BCUT2D eigenvalue weighted by atomic mass is 16.7. The van der Waals surface area contributed by atoms with Crippen LogP contribution in [0.3, 0.4) is 0 Å². The average molecular weight is 328 g/mol. The van der Waals surface area contributed by atoms with Crippen molar-refractivity contribution in [2.45, 2.75) is 58.3 Å².